The van der Waals surface area contributed by atoms with Crippen molar-refractivity contribution in [2.24, 2.45) is 0 Å². The molecule has 33 heavy (non-hydrogen) atoms. The van der Waals surface area contributed by atoms with Crippen molar-refractivity contribution >= 4 is 0 Å². The molecule has 166 valence electrons. The number of fused-ring (bicyclic) bond motifs is 1. The summed E-state index contributed by atoms with van der Waals surface area (Å²) in [5.41, 5.74) is 2.94. The average molecular weight is 442 g/mol. The van der Waals surface area contributed by atoms with Gasteiger partial charge >= 0.3 is 0 Å². The van der Waals surface area contributed by atoms with Gasteiger partial charge in [0, 0.05) is 40.5 Å². The highest BCUT2D eigenvalue weighted by Crippen LogP contribution is 2.33. The van der Waals surface area contributed by atoms with Crippen LogP contribution < -0.4 is 28.4 Å². The van der Waals surface area contributed by atoms with Crippen molar-refractivity contribution < 1.29 is 28.4 Å². The molecular formula is C27H22O6. The molecule has 0 saturated carbocycles. The summed E-state index contributed by atoms with van der Waals surface area (Å²) < 4.78 is 32.4. The van der Waals surface area contributed by atoms with Gasteiger partial charge in [0.25, 0.3) is 0 Å². The van der Waals surface area contributed by atoms with E-state index in [1.807, 2.05) is 42.5 Å². The highest BCUT2D eigenvalue weighted by molar-refractivity contribution is 5.62. The maximum Gasteiger partial charge on any atom is 0.231 e. The van der Waals surface area contributed by atoms with E-state index in [2.05, 4.69) is 23.7 Å². The molecule has 0 atom stereocenters. The van der Waals surface area contributed by atoms with Crippen LogP contribution in [-0.2, 0) is 0 Å². The van der Waals surface area contributed by atoms with E-state index in [4.69, 9.17) is 28.4 Å². The summed E-state index contributed by atoms with van der Waals surface area (Å²) in [5.74, 6) is 16.6. The van der Waals surface area contributed by atoms with Crippen LogP contribution >= 0.6 is 0 Å². The minimum Gasteiger partial charge on any atom is -0.497 e. The molecule has 4 rings (SSSR count). The van der Waals surface area contributed by atoms with Gasteiger partial charge in [-0.3, -0.25) is 0 Å². The monoisotopic (exact) mass is 442 g/mol. The van der Waals surface area contributed by atoms with Crippen molar-refractivity contribution in [2.45, 2.75) is 0 Å². The molecule has 1 aliphatic heterocycles. The highest BCUT2D eigenvalue weighted by atomic mass is 16.7. The van der Waals surface area contributed by atoms with Gasteiger partial charge in [0.15, 0.2) is 23.0 Å². The van der Waals surface area contributed by atoms with Crippen LogP contribution in [0.25, 0.3) is 0 Å². The second-order valence-corrected chi connectivity index (χ2v) is 6.92. The van der Waals surface area contributed by atoms with Crippen molar-refractivity contribution in [1.29, 1.82) is 0 Å². The van der Waals surface area contributed by atoms with E-state index in [-0.39, 0.29) is 6.79 Å². The van der Waals surface area contributed by atoms with E-state index in [1.54, 1.807) is 34.5 Å². The SMILES string of the molecule is COc1cc(C#Cc2cc(OC)c(OC)cc2C#Cc2ccc3c(c2)OCO3)cc(OC)c1. The van der Waals surface area contributed by atoms with Crippen molar-refractivity contribution in [2.75, 3.05) is 35.2 Å². The lowest BCUT2D eigenvalue weighted by molar-refractivity contribution is 0.174. The molecule has 0 unspecified atom stereocenters. The first-order valence-electron chi connectivity index (χ1n) is 10.1. The van der Waals surface area contributed by atoms with Crippen LogP contribution in [0.3, 0.4) is 0 Å². The minimum absolute atomic E-state index is 0.219. The molecule has 0 N–H and O–H groups in total. The van der Waals surface area contributed by atoms with Gasteiger partial charge in [0.05, 0.1) is 28.4 Å². The Labute approximate surface area is 193 Å². The fourth-order valence-corrected chi connectivity index (χ4v) is 3.22. The summed E-state index contributed by atoms with van der Waals surface area (Å²) >= 11 is 0. The molecule has 0 aromatic heterocycles. The van der Waals surface area contributed by atoms with Crippen LogP contribution in [0.5, 0.6) is 34.5 Å². The number of methoxy groups -OCH3 is 4. The van der Waals surface area contributed by atoms with E-state index in [0.717, 1.165) is 11.1 Å². The van der Waals surface area contributed by atoms with Gasteiger partial charge in [-0.1, -0.05) is 23.7 Å². The first-order chi connectivity index (χ1) is 16.1. The van der Waals surface area contributed by atoms with Crippen LogP contribution in [0.15, 0.2) is 48.5 Å². The molecule has 1 heterocycles. The Balaban J connectivity index is 1.76. The van der Waals surface area contributed by atoms with E-state index in [9.17, 15) is 0 Å². The third-order valence-electron chi connectivity index (χ3n) is 4.93. The number of ether oxygens (including phenoxy) is 6. The maximum atomic E-state index is 5.46. The summed E-state index contributed by atoms with van der Waals surface area (Å²) in [6, 6.07) is 14.7. The maximum absolute atomic E-state index is 5.46. The van der Waals surface area contributed by atoms with E-state index in [1.165, 1.54) is 0 Å². The Bertz CT molecular complexity index is 1280. The third-order valence-corrected chi connectivity index (χ3v) is 4.93. The minimum atomic E-state index is 0.219. The van der Waals surface area contributed by atoms with Gasteiger partial charge in [-0.25, -0.2) is 0 Å². The van der Waals surface area contributed by atoms with Gasteiger partial charge in [-0.05, 0) is 30.3 Å². The topological polar surface area (TPSA) is 55.4 Å². The van der Waals surface area contributed by atoms with Crippen molar-refractivity contribution in [3.05, 3.63) is 70.8 Å². The predicted octanol–water partition coefficient (Wildman–Crippen LogP) is 4.25. The Kier molecular flexibility index (Phi) is 6.48. The summed E-state index contributed by atoms with van der Waals surface area (Å²) in [4.78, 5) is 0. The van der Waals surface area contributed by atoms with Gasteiger partial charge in [-0.2, -0.15) is 0 Å². The Morgan fingerprint density at radius 3 is 1.73 bits per heavy atom. The molecular weight excluding hydrogens is 420 g/mol. The molecule has 0 bridgehead atoms. The molecule has 3 aromatic carbocycles. The van der Waals surface area contributed by atoms with E-state index in [0.29, 0.717) is 45.6 Å². The van der Waals surface area contributed by atoms with Crippen LogP contribution in [0.2, 0.25) is 0 Å². The lowest BCUT2D eigenvalue weighted by Crippen LogP contribution is -1.94. The first kappa shape index (κ1) is 21.8. The Hall–Kier alpha value is -4.42. The molecule has 3 aromatic rings. The summed E-state index contributed by atoms with van der Waals surface area (Å²) in [6.45, 7) is 0.219. The lowest BCUT2D eigenvalue weighted by Gasteiger charge is -2.09. The standard InChI is InChI=1S/C27H22O6/c1-28-22-11-19(12-23(16-22)29-2)6-9-21-15-26(31-4)25(30-3)14-20(21)8-5-18-7-10-24-27(13-18)33-17-32-24/h7,10-16H,17H2,1-4H3. The smallest absolute Gasteiger partial charge is 0.231 e. The predicted molar refractivity (Wildman–Crippen MR) is 124 cm³/mol. The molecule has 0 amide bonds. The molecule has 0 fully saturated rings. The zero-order valence-electron chi connectivity index (χ0n) is 18.8. The molecule has 0 aliphatic carbocycles. The Morgan fingerprint density at radius 2 is 1.15 bits per heavy atom. The highest BCUT2D eigenvalue weighted by Gasteiger charge is 2.13. The quantitative estimate of drug-likeness (QED) is 0.563. The van der Waals surface area contributed by atoms with Crippen LogP contribution in [-0.4, -0.2) is 35.2 Å². The molecule has 6 nitrogen and oxygen atoms in total. The van der Waals surface area contributed by atoms with Crippen molar-refractivity contribution in [3.63, 3.8) is 0 Å². The van der Waals surface area contributed by atoms with Gasteiger partial charge in [0.1, 0.15) is 11.5 Å². The fraction of sp³-hybridized carbons (Fsp3) is 0.185. The number of hydrogen-bond acceptors (Lipinski definition) is 6. The second kappa shape index (κ2) is 9.80. The van der Waals surface area contributed by atoms with Gasteiger partial charge in [0.2, 0.25) is 6.79 Å². The third kappa shape index (κ3) is 4.92. The average Bonchev–Trinajstić information content (AvgIpc) is 3.33. The number of rotatable bonds is 4. The summed E-state index contributed by atoms with van der Waals surface area (Å²) in [6.07, 6.45) is 0. The number of hydrogen-bond donors (Lipinski definition) is 0. The summed E-state index contributed by atoms with van der Waals surface area (Å²) in [7, 11) is 6.37. The second-order valence-electron chi connectivity index (χ2n) is 6.92. The largest absolute Gasteiger partial charge is 0.497 e. The van der Waals surface area contributed by atoms with Gasteiger partial charge < -0.3 is 28.4 Å². The van der Waals surface area contributed by atoms with Crippen LogP contribution in [0.1, 0.15) is 22.3 Å². The van der Waals surface area contributed by atoms with E-state index >= 15 is 0 Å². The zero-order chi connectivity index (χ0) is 23.2. The molecule has 6 heteroatoms. The lowest BCUT2D eigenvalue weighted by atomic mass is 10.0. The zero-order valence-corrected chi connectivity index (χ0v) is 18.8. The van der Waals surface area contributed by atoms with Crippen molar-refractivity contribution in [3.8, 4) is 58.2 Å². The summed E-state index contributed by atoms with van der Waals surface area (Å²) in [5, 5.41) is 0. The molecule has 1 aliphatic rings. The van der Waals surface area contributed by atoms with E-state index < -0.39 is 0 Å². The first-order valence-corrected chi connectivity index (χ1v) is 10.1. The van der Waals surface area contributed by atoms with Gasteiger partial charge in [-0.15, -0.1) is 0 Å². The van der Waals surface area contributed by atoms with Crippen molar-refractivity contribution in [1.82, 2.24) is 0 Å². The Morgan fingerprint density at radius 1 is 0.576 bits per heavy atom. The molecule has 0 spiro atoms. The van der Waals surface area contributed by atoms with Crippen LogP contribution in [0, 0.1) is 23.7 Å². The molecule has 0 saturated heterocycles. The molecule has 0 radical (unpaired) electrons. The number of benzene rings is 3. The van der Waals surface area contributed by atoms with Crippen LogP contribution in [0.4, 0.5) is 0 Å². The fourth-order valence-electron chi connectivity index (χ4n) is 3.22. The normalized spacial score (nSPS) is 10.9.